The Morgan fingerprint density at radius 2 is 2.10 bits per heavy atom. The van der Waals surface area contributed by atoms with Gasteiger partial charge in [0.2, 0.25) is 10.0 Å². The second-order valence-corrected chi connectivity index (χ2v) is 6.77. The molecule has 2 heterocycles. The highest BCUT2D eigenvalue weighted by Gasteiger charge is 2.25. The Labute approximate surface area is 120 Å². The van der Waals surface area contributed by atoms with Crippen molar-refractivity contribution in [2.45, 2.75) is 11.4 Å². The van der Waals surface area contributed by atoms with Crippen LogP contribution in [0.25, 0.3) is 11.0 Å². The Morgan fingerprint density at radius 1 is 1.25 bits per heavy atom. The van der Waals surface area contributed by atoms with Gasteiger partial charge < -0.3 is 4.42 Å². The molecule has 0 aliphatic rings. The number of hydrogen-bond acceptors (Lipinski definition) is 6. The van der Waals surface area contributed by atoms with Crippen molar-refractivity contribution in [1.29, 1.82) is 0 Å². The molecule has 0 aliphatic carbocycles. The molecule has 0 saturated carbocycles. The number of furan rings is 1. The maximum Gasteiger partial charge on any atom is 0.245 e. The fourth-order valence-corrected chi connectivity index (χ4v) is 3.75. The van der Waals surface area contributed by atoms with Crippen molar-refractivity contribution in [3.63, 3.8) is 0 Å². The molecule has 0 atom stereocenters. The van der Waals surface area contributed by atoms with Crippen LogP contribution in [0.4, 0.5) is 0 Å². The van der Waals surface area contributed by atoms with Gasteiger partial charge in [0, 0.05) is 7.05 Å². The van der Waals surface area contributed by atoms with Crippen molar-refractivity contribution in [2.75, 3.05) is 7.05 Å². The first-order valence-electron chi connectivity index (χ1n) is 5.79. The molecule has 6 nitrogen and oxygen atoms in total. The monoisotopic (exact) mass is 309 g/mol. The lowest BCUT2D eigenvalue weighted by Crippen LogP contribution is -2.26. The fraction of sp³-hybridized carbons (Fsp3) is 0.167. The third-order valence-corrected chi connectivity index (χ3v) is 5.27. The lowest BCUT2D eigenvalue weighted by atomic mass is 10.3. The van der Waals surface area contributed by atoms with Crippen molar-refractivity contribution in [2.24, 2.45) is 0 Å². The van der Waals surface area contributed by atoms with E-state index in [0.29, 0.717) is 16.8 Å². The molecule has 0 unspecified atom stereocenters. The van der Waals surface area contributed by atoms with Gasteiger partial charge in [-0.05, 0) is 24.3 Å². The normalized spacial score (nSPS) is 12.3. The van der Waals surface area contributed by atoms with Crippen LogP contribution < -0.4 is 0 Å². The highest BCUT2D eigenvalue weighted by Crippen LogP contribution is 2.24. The third-order valence-electron chi connectivity index (χ3n) is 2.90. The van der Waals surface area contributed by atoms with Crippen LogP contribution in [0.3, 0.4) is 0 Å². The van der Waals surface area contributed by atoms with E-state index in [1.165, 1.54) is 23.7 Å². The van der Waals surface area contributed by atoms with E-state index in [9.17, 15) is 8.42 Å². The van der Waals surface area contributed by atoms with Crippen molar-refractivity contribution in [3.8, 4) is 0 Å². The first-order chi connectivity index (χ1) is 9.59. The number of benzene rings is 1. The molecule has 0 bridgehead atoms. The number of rotatable bonds is 4. The molecule has 0 saturated heterocycles. The maximum atomic E-state index is 12.6. The molecular formula is C12H11N3O3S2. The van der Waals surface area contributed by atoms with Crippen LogP contribution in [0.5, 0.6) is 0 Å². The minimum absolute atomic E-state index is 0.165. The third kappa shape index (κ3) is 2.21. The van der Waals surface area contributed by atoms with Crippen LogP contribution in [0.15, 0.2) is 45.9 Å². The highest BCUT2D eigenvalue weighted by atomic mass is 32.2. The summed E-state index contributed by atoms with van der Waals surface area (Å²) in [5, 5.41) is 0. The average molecular weight is 309 g/mol. The topological polar surface area (TPSA) is 76.3 Å². The molecule has 1 aromatic carbocycles. The maximum absolute atomic E-state index is 12.6. The van der Waals surface area contributed by atoms with Crippen LogP contribution >= 0.6 is 11.7 Å². The van der Waals surface area contributed by atoms with Gasteiger partial charge in [-0.15, -0.1) is 0 Å². The van der Waals surface area contributed by atoms with E-state index >= 15 is 0 Å². The van der Waals surface area contributed by atoms with E-state index in [1.54, 1.807) is 24.3 Å². The minimum Gasteiger partial charge on any atom is -0.468 e. The lowest BCUT2D eigenvalue weighted by molar-refractivity contribution is 0.406. The summed E-state index contributed by atoms with van der Waals surface area (Å²) in [6.07, 6.45) is 1.51. The lowest BCUT2D eigenvalue weighted by Gasteiger charge is -2.15. The van der Waals surface area contributed by atoms with Gasteiger partial charge in [0.15, 0.2) is 0 Å². The molecule has 0 radical (unpaired) electrons. The highest BCUT2D eigenvalue weighted by molar-refractivity contribution is 7.89. The molecular weight excluding hydrogens is 298 g/mol. The van der Waals surface area contributed by atoms with Gasteiger partial charge in [-0.2, -0.15) is 13.1 Å². The molecule has 0 N–H and O–H groups in total. The summed E-state index contributed by atoms with van der Waals surface area (Å²) in [5.74, 6) is 0.583. The molecule has 0 aliphatic heterocycles. The summed E-state index contributed by atoms with van der Waals surface area (Å²) in [6.45, 7) is 0.170. The standard InChI is InChI=1S/C12H11N3O3S2/c1-15(8-9-4-3-7-18-9)20(16,17)11-6-2-5-10-12(11)14-19-13-10/h2-7H,8H2,1H3. The number of nitrogens with zero attached hydrogens (tertiary/aromatic N) is 3. The largest absolute Gasteiger partial charge is 0.468 e. The van der Waals surface area contributed by atoms with Crippen molar-refractivity contribution in [1.82, 2.24) is 13.1 Å². The second-order valence-electron chi connectivity index (χ2n) is 4.23. The van der Waals surface area contributed by atoms with E-state index < -0.39 is 10.0 Å². The fourth-order valence-electron chi connectivity index (χ4n) is 1.86. The number of sulfonamides is 1. The molecule has 8 heteroatoms. The molecule has 0 spiro atoms. The molecule has 2 aromatic heterocycles. The summed E-state index contributed by atoms with van der Waals surface area (Å²) in [5.41, 5.74) is 0.992. The zero-order valence-corrected chi connectivity index (χ0v) is 12.2. The number of fused-ring (bicyclic) bond motifs is 1. The van der Waals surface area contributed by atoms with E-state index in [0.717, 1.165) is 11.7 Å². The Bertz CT molecular complexity index is 825. The van der Waals surface area contributed by atoms with Gasteiger partial charge in [0.25, 0.3) is 0 Å². The Hall–Kier alpha value is -1.77. The molecule has 0 amide bonds. The first kappa shape index (κ1) is 13.2. The van der Waals surface area contributed by atoms with Gasteiger partial charge in [0.1, 0.15) is 21.7 Å². The SMILES string of the molecule is CN(Cc1ccco1)S(=O)(=O)c1cccc2nsnc12. The quantitative estimate of drug-likeness (QED) is 0.737. The number of hydrogen-bond donors (Lipinski definition) is 0. The summed E-state index contributed by atoms with van der Waals surface area (Å²) in [4.78, 5) is 0.165. The smallest absolute Gasteiger partial charge is 0.245 e. The van der Waals surface area contributed by atoms with Gasteiger partial charge in [-0.1, -0.05) is 6.07 Å². The van der Waals surface area contributed by atoms with Gasteiger partial charge >= 0.3 is 0 Å². The van der Waals surface area contributed by atoms with Crippen molar-refractivity contribution in [3.05, 3.63) is 42.4 Å². The van der Waals surface area contributed by atoms with Crippen LogP contribution in [0, 0.1) is 0 Å². The van der Waals surface area contributed by atoms with Crippen LogP contribution in [-0.2, 0) is 16.6 Å². The van der Waals surface area contributed by atoms with Crippen LogP contribution in [0.2, 0.25) is 0 Å². The van der Waals surface area contributed by atoms with Crippen LogP contribution in [0.1, 0.15) is 5.76 Å². The van der Waals surface area contributed by atoms with Crippen molar-refractivity contribution >= 4 is 32.8 Å². The molecule has 0 fully saturated rings. The van der Waals surface area contributed by atoms with E-state index in [4.69, 9.17) is 4.42 Å². The van der Waals surface area contributed by atoms with E-state index in [-0.39, 0.29) is 11.4 Å². The Kier molecular flexibility index (Phi) is 3.28. The first-order valence-corrected chi connectivity index (χ1v) is 7.96. The molecule has 3 rings (SSSR count). The average Bonchev–Trinajstić information content (AvgIpc) is 3.07. The summed E-state index contributed by atoms with van der Waals surface area (Å²) < 4.78 is 39.7. The van der Waals surface area contributed by atoms with E-state index in [1.807, 2.05) is 0 Å². The Morgan fingerprint density at radius 3 is 2.85 bits per heavy atom. The minimum atomic E-state index is -3.63. The molecule has 104 valence electrons. The van der Waals surface area contributed by atoms with Gasteiger partial charge in [0.05, 0.1) is 24.5 Å². The predicted molar refractivity (Wildman–Crippen MR) is 74.8 cm³/mol. The van der Waals surface area contributed by atoms with Gasteiger partial charge in [-0.25, -0.2) is 8.42 Å². The number of aromatic nitrogens is 2. The van der Waals surface area contributed by atoms with Crippen molar-refractivity contribution < 1.29 is 12.8 Å². The zero-order chi connectivity index (χ0) is 14.2. The molecule has 20 heavy (non-hydrogen) atoms. The summed E-state index contributed by atoms with van der Waals surface area (Å²) in [7, 11) is -2.12. The Balaban J connectivity index is 2.01. The van der Waals surface area contributed by atoms with Crippen LogP contribution in [-0.4, -0.2) is 28.5 Å². The summed E-state index contributed by atoms with van der Waals surface area (Å²) >= 11 is 0.999. The van der Waals surface area contributed by atoms with E-state index in [2.05, 4.69) is 8.75 Å². The van der Waals surface area contributed by atoms with Gasteiger partial charge in [-0.3, -0.25) is 0 Å². The predicted octanol–water partition coefficient (Wildman–Crippen LogP) is 2.10. The molecule has 3 aromatic rings. The summed E-state index contributed by atoms with van der Waals surface area (Å²) in [6, 6.07) is 8.40. The zero-order valence-electron chi connectivity index (χ0n) is 10.6. The second kappa shape index (κ2) is 4.97.